The van der Waals surface area contributed by atoms with Crippen molar-refractivity contribution in [2.45, 2.75) is 4.22 Å². The molecule has 0 atom stereocenters. The minimum absolute atomic E-state index is 0. The van der Waals surface area contributed by atoms with Crippen molar-refractivity contribution in [1.29, 1.82) is 0 Å². The molecule has 0 heterocycles. The molecule has 0 aromatic heterocycles. The average Bonchev–Trinajstić information content (AvgIpc) is 2.55. The summed E-state index contributed by atoms with van der Waals surface area (Å²) < 4.78 is 0.558. The SMILES string of the molecule is Cl.Cl.Cl.[Ti][CH]1c2ccccc2-c2ccccc21. The van der Waals surface area contributed by atoms with E-state index in [1.807, 2.05) is 0 Å². The van der Waals surface area contributed by atoms with Gasteiger partial charge in [-0.3, -0.25) is 0 Å². The van der Waals surface area contributed by atoms with Crippen LogP contribution in [0.4, 0.5) is 0 Å². The first kappa shape index (κ1) is 17.0. The molecular weight excluding hydrogens is 310 g/mol. The van der Waals surface area contributed by atoms with Gasteiger partial charge in [0.2, 0.25) is 0 Å². The summed E-state index contributed by atoms with van der Waals surface area (Å²) in [5.74, 6) is 0. The van der Waals surface area contributed by atoms with E-state index in [0.717, 1.165) is 0 Å². The van der Waals surface area contributed by atoms with Crippen LogP contribution in [0, 0.1) is 0 Å². The Bertz CT molecular complexity index is 454. The van der Waals surface area contributed by atoms with Crippen molar-refractivity contribution >= 4 is 37.2 Å². The molecule has 0 spiro atoms. The van der Waals surface area contributed by atoms with Crippen molar-refractivity contribution < 1.29 is 20.4 Å². The molecule has 0 unspecified atom stereocenters. The Morgan fingerprint density at radius 2 is 1.00 bits per heavy atom. The summed E-state index contributed by atoms with van der Waals surface area (Å²) in [5.41, 5.74) is 5.76. The molecule has 17 heavy (non-hydrogen) atoms. The van der Waals surface area contributed by atoms with Gasteiger partial charge in [0.25, 0.3) is 0 Å². The predicted octanol–water partition coefficient (Wildman–Crippen LogP) is 4.57. The average molecular weight is 322 g/mol. The van der Waals surface area contributed by atoms with Gasteiger partial charge in [-0.05, 0) is 0 Å². The van der Waals surface area contributed by atoms with E-state index in [2.05, 4.69) is 69.0 Å². The molecule has 0 saturated carbocycles. The van der Waals surface area contributed by atoms with Crippen LogP contribution < -0.4 is 0 Å². The quantitative estimate of drug-likeness (QED) is 0.623. The van der Waals surface area contributed by atoms with Gasteiger partial charge in [-0.1, -0.05) is 0 Å². The zero-order valence-corrected chi connectivity index (χ0v) is 12.9. The Kier molecular flexibility index (Phi) is 6.83. The molecule has 0 nitrogen and oxygen atoms in total. The first-order valence-corrected chi connectivity index (χ1v) is 5.67. The monoisotopic (exact) mass is 321 g/mol. The topological polar surface area (TPSA) is 0 Å². The Labute approximate surface area is 132 Å². The van der Waals surface area contributed by atoms with Crippen LogP contribution >= 0.6 is 37.2 Å². The summed E-state index contributed by atoms with van der Waals surface area (Å²) in [7, 11) is 0. The predicted molar refractivity (Wildman–Crippen MR) is 75.5 cm³/mol. The number of benzene rings is 2. The molecular formula is C13H12Cl3Ti. The second-order valence-corrected chi connectivity index (χ2v) is 4.51. The summed E-state index contributed by atoms with van der Waals surface area (Å²) in [5, 5.41) is 0. The van der Waals surface area contributed by atoms with Crippen LogP contribution in [0.1, 0.15) is 15.3 Å². The molecule has 0 N–H and O–H groups in total. The molecule has 1 aliphatic rings. The van der Waals surface area contributed by atoms with Crippen LogP contribution in [-0.2, 0) is 20.4 Å². The Hall–Kier alpha value is 0.0243. The third kappa shape index (κ3) is 2.72. The van der Waals surface area contributed by atoms with E-state index < -0.39 is 0 Å². The van der Waals surface area contributed by atoms with Crippen molar-refractivity contribution in [3.8, 4) is 11.1 Å². The fourth-order valence-corrected chi connectivity index (χ4v) is 2.94. The Morgan fingerprint density at radius 3 is 1.41 bits per heavy atom. The molecule has 2 aromatic rings. The molecule has 0 amide bonds. The summed E-state index contributed by atoms with van der Waals surface area (Å²) in [6.45, 7) is 0. The molecule has 2 aromatic carbocycles. The second kappa shape index (κ2) is 6.82. The molecule has 0 fully saturated rings. The Balaban J connectivity index is 0.000000853. The van der Waals surface area contributed by atoms with Crippen LogP contribution in [0.25, 0.3) is 11.1 Å². The van der Waals surface area contributed by atoms with Gasteiger partial charge in [0, 0.05) is 0 Å². The van der Waals surface area contributed by atoms with Crippen molar-refractivity contribution in [1.82, 2.24) is 0 Å². The summed E-state index contributed by atoms with van der Waals surface area (Å²) >= 11 is 2.28. The fraction of sp³-hybridized carbons (Fsp3) is 0.0769. The third-order valence-corrected chi connectivity index (χ3v) is 3.81. The van der Waals surface area contributed by atoms with Gasteiger partial charge in [-0.15, -0.1) is 37.2 Å². The van der Waals surface area contributed by atoms with Gasteiger partial charge >= 0.3 is 95.4 Å². The fourth-order valence-electron chi connectivity index (χ4n) is 2.16. The van der Waals surface area contributed by atoms with E-state index in [-0.39, 0.29) is 37.2 Å². The van der Waals surface area contributed by atoms with Crippen molar-refractivity contribution in [3.63, 3.8) is 0 Å². The van der Waals surface area contributed by atoms with Crippen molar-refractivity contribution in [3.05, 3.63) is 59.7 Å². The molecule has 3 rings (SSSR count). The molecule has 0 saturated heterocycles. The van der Waals surface area contributed by atoms with Gasteiger partial charge in [0.05, 0.1) is 0 Å². The first-order valence-electron chi connectivity index (χ1n) is 4.77. The van der Waals surface area contributed by atoms with Crippen LogP contribution in [0.15, 0.2) is 48.5 Å². The zero-order valence-electron chi connectivity index (χ0n) is 8.92. The molecule has 0 radical (unpaired) electrons. The van der Waals surface area contributed by atoms with Crippen LogP contribution in [-0.4, -0.2) is 0 Å². The molecule has 0 aliphatic heterocycles. The second-order valence-electron chi connectivity index (χ2n) is 3.61. The van der Waals surface area contributed by atoms with Crippen molar-refractivity contribution in [2.75, 3.05) is 0 Å². The van der Waals surface area contributed by atoms with Gasteiger partial charge < -0.3 is 0 Å². The van der Waals surface area contributed by atoms with Crippen molar-refractivity contribution in [2.24, 2.45) is 0 Å². The van der Waals surface area contributed by atoms with Crippen LogP contribution in [0.3, 0.4) is 0 Å². The summed E-state index contributed by atoms with van der Waals surface area (Å²) in [6, 6.07) is 17.4. The summed E-state index contributed by atoms with van der Waals surface area (Å²) in [4.78, 5) is 0. The number of fused-ring (bicyclic) bond motifs is 3. The number of halogens is 3. The standard InChI is InChI=1S/C13H9.3ClH.Ti/c1-3-7-12-10(5-1)9-11-6-2-4-8-13(11)12;;;;/h1-9H;3*1H;. The molecule has 89 valence electrons. The maximum absolute atomic E-state index is 2.28. The number of rotatable bonds is 0. The van der Waals surface area contributed by atoms with E-state index in [0.29, 0.717) is 4.22 Å². The molecule has 0 bridgehead atoms. The van der Waals surface area contributed by atoms with Crippen LogP contribution in [0.5, 0.6) is 0 Å². The van der Waals surface area contributed by atoms with Gasteiger partial charge in [0.15, 0.2) is 0 Å². The maximum atomic E-state index is 2.28. The Morgan fingerprint density at radius 1 is 0.647 bits per heavy atom. The van der Waals surface area contributed by atoms with E-state index in [1.165, 1.54) is 22.3 Å². The summed E-state index contributed by atoms with van der Waals surface area (Å²) in [6.07, 6.45) is 0. The van der Waals surface area contributed by atoms with Gasteiger partial charge in [-0.2, -0.15) is 0 Å². The number of hydrogen-bond acceptors (Lipinski definition) is 0. The van der Waals surface area contributed by atoms with E-state index in [4.69, 9.17) is 0 Å². The van der Waals surface area contributed by atoms with Crippen LogP contribution in [0.2, 0.25) is 0 Å². The van der Waals surface area contributed by atoms with E-state index >= 15 is 0 Å². The number of hydrogen-bond donors (Lipinski definition) is 0. The molecule has 1 aliphatic carbocycles. The van der Waals surface area contributed by atoms with E-state index in [9.17, 15) is 0 Å². The van der Waals surface area contributed by atoms with Gasteiger partial charge in [-0.25, -0.2) is 0 Å². The first-order chi connectivity index (χ1) is 6.88. The zero-order chi connectivity index (χ0) is 9.54. The normalized spacial score (nSPS) is 11.2. The molecule has 4 heteroatoms. The van der Waals surface area contributed by atoms with E-state index in [1.54, 1.807) is 0 Å². The third-order valence-electron chi connectivity index (χ3n) is 2.83. The van der Waals surface area contributed by atoms with Gasteiger partial charge in [0.1, 0.15) is 0 Å². The minimum atomic E-state index is 0.